The highest BCUT2D eigenvalue weighted by Gasteiger charge is 2.35. The van der Waals surface area contributed by atoms with Gasteiger partial charge in [-0.15, -0.1) is 0 Å². The van der Waals surface area contributed by atoms with Crippen LogP contribution in [0.4, 0.5) is 0 Å². The Hall–Kier alpha value is -2.70. The lowest BCUT2D eigenvalue weighted by Gasteiger charge is -2.31. The van der Waals surface area contributed by atoms with Gasteiger partial charge in [0, 0.05) is 0 Å². The van der Waals surface area contributed by atoms with Crippen molar-refractivity contribution in [3.8, 4) is 5.75 Å². The number of aromatic hydroxyl groups is 1. The van der Waals surface area contributed by atoms with Crippen molar-refractivity contribution in [3.63, 3.8) is 0 Å². The third kappa shape index (κ3) is 3.70. The summed E-state index contributed by atoms with van der Waals surface area (Å²) in [4.78, 5) is 24.5. The Balaban J connectivity index is 1.86. The average Bonchev–Trinajstić information content (AvgIpc) is 2.66. The lowest BCUT2D eigenvalue weighted by Crippen LogP contribution is -2.51. The highest BCUT2D eigenvalue weighted by Crippen LogP contribution is 2.27. The van der Waals surface area contributed by atoms with E-state index in [0.717, 1.165) is 16.7 Å². The molecule has 2 aromatic rings. The Labute approximate surface area is 146 Å². The molecular weight excluding hydrogens is 320 g/mol. The van der Waals surface area contributed by atoms with Crippen molar-refractivity contribution in [1.29, 1.82) is 0 Å². The Morgan fingerprint density at radius 2 is 1.96 bits per heavy atom. The van der Waals surface area contributed by atoms with E-state index < -0.39 is 24.1 Å². The number of ketones is 1. The van der Waals surface area contributed by atoms with Crippen LogP contribution >= 0.6 is 0 Å². The highest BCUT2D eigenvalue weighted by molar-refractivity contribution is 5.91. The van der Waals surface area contributed by atoms with Crippen LogP contribution in [0.1, 0.15) is 22.7 Å². The number of hydrogen-bond acceptors (Lipinski definition) is 5. The Morgan fingerprint density at radius 1 is 1.24 bits per heavy atom. The van der Waals surface area contributed by atoms with Gasteiger partial charge in [0.05, 0.1) is 12.1 Å². The van der Waals surface area contributed by atoms with Crippen LogP contribution in [0.3, 0.4) is 0 Å². The number of fused-ring (bicyclic) bond motifs is 1. The van der Waals surface area contributed by atoms with Crippen molar-refractivity contribution < 1.29 is 21.2 Å². The molecule has 5 N–H and O–H groups in total. The van der Waals surface area contributed by atoms with Crippen molar-refractivity contribution in [2.24, 2.45) is 5.73 Å². The lowest BCUT2D eigenvalue weighted by molar-refractivity contribution is -0.140. The van der Waals surface area contributed by atoms with Gasteiger partial charge >= 0.3 is 5.97 Å². The van der Waals surface area contributed by atoms with Gasteiger partial charge in [-0.05, 0) is 41.7 Å². The average molecular weight is 341 g/mol. The molecule has 3 rings (SSSR count). The van der Waals surface area contributed by atoms with E-state index in [1.807, 2.05) is 24.3 Å². The number of carbonyl (C=O) groups is 2. The van der Waals surface area contributed by atoms with Gasteiger partial charge in [0.25, 0.3) is 0 Å². The zero-order valence-corrected chi connectivity index (χ0v) is 13.5. The Morgan fingerprint density at radius 3 is 2.64 bits per heavy atom. The van der Waals surface area contributed by atoms with Gasteiger partial charge < -0.3 is 15.9 Å². The Kier molecular flexibility index (Phi) is 4.45. The summed E-state index contributed by atoms with van der Waals surface area (Å²) in [5.41, 5.74) is 4.65. The summed E-state index contributed by atoms with van der Waals surface area (Å²) in [6.45, 7) is 0. The quantitative estimate of drug-likeness (QED) is 0.627. The number of nitrogens with one attached hydrogen (secondary N) is 1. The fourth-order valence-corrected chi connectivity index (χ4v) is 3.14. The van der Waals surface area contributed by atoms with Crippen LogP contribution in [0.15, 0.2) is 48.5 Å². The van der Waals surface area contributed by atoms with Crippen molar-refractivity contribution >= 4 is 11.8 Å². The van der Waals surface area contributed by atoms with Crippen LogP contribution in [-0.2, 0) is 22.4 Å². The maximum absolute atomic E-state index is 13.0. The number of rotatable bonds is 6. The first-order chi connectivity index (χ1) is 12.5. The number of aliphatic carboxylic acids is 1. The standard InChI is InChI=1S/C19H20N2O4/c20-15(9-11-5-7-13(22)8-6-11)18(23)17-14-4-2-1-3-12(14)10-16(21-17)19(24)25/h1-8,15-17,21-22H,9-10,20H2,(H,24,25)/t15-,16?,17?/m0/s1/i/hD. The topological polar surface area (TPSA) is 113 Å². The smallest absolute Gasteiger partial charge is 0.321 e. The molecule has 6 heteroatoms. The summed E-state index contributed by atoms with van der Waals surface area (Å²) < 4.78 is 7.55. The molecule has 0 radical (unpaired) electrons. The molecule has 2 aromatic carbocycles. The van der Waals surface area contributed by atoms with Crippen LogP contribution in [0.2, 0.25) is 1.41 Å². The molecule has 0 saturated carbocycles. The second kappa shape index (κ2) is 7.04. The number of phenols is 1. The normalized spacial score (nSPS) is 21.0. The predicted molar refractivity (Wildman–Crippen MR) is 92.2 cm³/mol. The van der Waals surface area contributed by atoms with E-state index in [4.69, 9.17) is 1.41 Å². The number of phenolic OH excluding ortho intramolecular Hbond substituents is 1. The number of hydrogen-bond donors (Lipinski definition) is 4. The van der Waals surface area contributed by atoms with Crippen LogP contribution < -0.4 is 11.0 Å². The van der Waals surface area contributed by atoms with E-state index in [-0.39, 0.29) is 18.0 Å². The highest BCUT2D eigenvalue weighted by atomic mass is 16.4. The number of nitrogens with two attached hydrogens (primary N) is 1. The lowest BCUT2D eigenvalue weighted by atomic mass is 9.85. The van der Waals surface area contributed by atoms with Gasteiger partial charge in [0.2, 0.25) is 0 Å². The largest absolute Gasteiger partial charge is 0.508 e. The number of carboxylic acid groups (broad SMARTS) is 1. The first-order valence-electron chi connectivity index (χ1n) is 8.55. The van der Waals surface area contributed by atoms with Crippen molar-refractivity contribution in [2.45, 2.75) is 31.0 Å². The molecule has 130 valence electrons. The van der Waals surface area contributed by atoms with E-state index in [9.17, 15) is 19.8 Å². The molecule has 0 fully saturated rings. The van der Waals surface area contributed by atoms with E-state index in [1.165, 1.54) is 12.1 Å². The zero-order valence-electron chi connectivity index (χ0n) is 14.5. The maximum Gasteiger partial charge on any atom is 0.321 e. The number of carboxylic acids is 1. The minimum atomic E-state index is -1.01. The molecule has 25 heavy (non-hydrogen) atoms. The molecule has 0 bridgehead atoms. The first-order valence-corrected chi connectivity index (χ1v) is 8.05. The second-order valence-electron chi connectivity index (χ2n) is 6.22. The molecule has 1 aliphatic rings. The summed E-state index contributed by atoms with van der Waals surface area (Å²) in [6.07, 6.45) is 0.576. The molecule has 0 aliphatic carbocycles. The van der Waals surface area contributed by atoms with E-state index in [2.05, 4.69) is 11.0 Å². The maximum atomic E-state index is 13.0. The summed E-state index contributed by atoms with van der Waals surface area (Å²) >= 11 is 0. The van der Waals surface area contributed by atoms with Crippen molar-refractivity contribution in [1.82, 2.24) is 5.32 Å². The number of Topliss-reactive ketones (excluding diaryl/α,β-unsaturated/α-hetero) is 1. The minimum Gasteiger partial charge on any atom is -0.508 e. The molecular formula is C19H20N2O4. The molecule has 3 atom stereocenters. The van der Waals surface area contributed by atoms with Crippen LogP contribution in [0.25, 0.3) is 0 Å². The molecule has 1 aliphatic heterocycles. The van der Waals surface area contributed by atoms with Crippen LogP contribution in [0, 0.1) is 0 Å². The van der Waals surface area contributed by atoms with Gasteiger partial charge in [-0.1, -0.05) is 36.4 Å². The minimum absolute atomic E-state index is 0.127. The molecule has 0 amide bonds. The van der Waals surface area contributed by atoms with E-state index in [0.29, 0.717) is 6.42 Å². The predicted octanol–water partition coefficient (Wildman–Crippen LogP) is 1.17. The zero-order chi connectivity index (χ0) is 18.7. The third-order valence-electron chi connectivity index (χ3n) is 4.46. The van der Waals surface area contributed by atoms with Gasteiger partial charge in [-0.3, -0.25) is 14.9 Å². The van der Waals surface area contributed by atoms with Crippen LogP contribution in [0.5, 0.6) is 5.75 Å². The molecule has 0 saturated heterocycles. The summed E-state index contributed by atoms with van der Waals surface area (Å²) in [6, 6.07) is 11.2. The van der Waals surface area contributed by atoms with Gasteiger partial charge in [-0.2, -0.15) is 0 Å². The summed E-state index contributed by atoms with van der Waals surface area (Å²) in [7, 11) is 0. The van der Waals surface area contributed by atoms with Crippen molar-refractivity contribution in [3.05, 3.63) is 65.2 Å². The molecule has 2 unspecified atom stereocenters. The Bertz CT molecular complexity index is 809. The number of carbonyl (C=O) groups excluding carboxylic acids is 1. The summed E-state index contributed by atoms with van der Waals surface area (Å²) in [5, 5.41) is 21.6. The molecule has 6 nitrogen and oxygen atoms in total. The molecule has 1 heterocycles. The van der Waals surface area contributed by atoms with Gasteiger partial charge in [0.1, 0.15) is 13.2 Å². The van der Waals surface area contributed by atoms with Gasteiger partial charge in [0.15, 0.2) is 5.78 Å². The molecule has 0 aromatic heterocycles. The molecule has 0 spiro atoms. The van der Waals surface area contributed by atoms with E-state index >= 15 is 0 Å². The summed E-state index contributed by atoms with van der Waals surface area (Å²) in [5.74, 6) is -1.17. The van der Waals surface area contributed by atoms with E-state index in [1.54, 1.807) is 12.1 Å². The van der Waals surface area contributed by atoms with Crippen molar-refractivity contribution in [2.75, 3.05) is 0 Å². The van der Waals surface area contributed by atoms with Gasteiger partial charge in [-0.25, -0.2) is 0 Å². The SMILES string of the molecule is [2H]N[C@@H](Cc1ccc(O)cc1)C(=O)C1NC(C(=O)O)Cc2ccccc21. The first kappa shape index (κ1) is 15.8. The van der Waals surface area contributed by atoms with Crippen LogP contribution in [-0.4, -0.2) is 34.0 Å². The third-order valence-corrected chi connectivity index (χ3v) is 4.46. The fourth-order valence-electron chi connectivity index (χ4n) is 3.14. The fraction of sp³-hybridized carbons (Fsp3) is 0.263. The monoisotopic (exact) mass is 341 g/mol. The second-order valence-corrected chi connectivity index (χ2v) is 6.22. The number of benzene rings is 2.